The second kappa shape index (κ2) is 7.51. The van der Waals surface area contributed by atoms with E-state index >= 15 is 0 Å². The number of carbonyl (C=O) groups excluding carboxylic acids is 2. The lowest BCUT2D eigenvalue weighted by Crippen LogP contribution is -2.47. The van der Waals surface area contributed by atoms with Gasteiger partial charge in [-0.15, -0.1) is 0 Å². The van der Waals surface area contributed by atoms with Crippen LogP contribution in [0.25, 0.3) is 0 Å². The van der Waals surface area contributed by atoms with Crippen LogP contribution in [0.15, 0.2) is 18.2 Å². The molecule has 0 saturated carbocycles. The van der Waals surface area contributed by atoms with Crippen LogP contribution in [-0.2, 0) is 14.3 Å². The number of carbonyl (C=O) groups is 2. The highest BCUT2D eigenvalue weighted by atomic mass is 35.5. The highest BCUT2D eigenvalue weighted by Crippen LogP contribution is 2.27. The second-order valence-electron chi connectivity index (χ2n) is 6.05. The number of hydrogen-bond donors (Lipinski definition) is 2. The summed E-state index contributed by atoms with van der Waals surface area (Å²) in [5.41, 5.74) is -0.817. The van der Waals surface area contributed by atoms with Crippen LogP contribution in [0, 0.1) is 5.41 Å². The van der Waals surface area contributed by atoms with Crippen molar-refractivity contribution in [2.24, 2.45) is 5.41 Å². The van der Waals surface area contributed by atoms with Gasteiger partial charge in [0.15, 0.2) is 0 Å². The number of ether oxygens (including phenoxy) is 1. The fraction of sp³-hybridized carbons (Fsp3) is 0.500. The molecule has 5 nitrogen and oxygen atoms in total. The van der Waals surface area contributed by atoms with Gasteiger partial charge in [0.2, 0.25) is 11.8 Å². The van der Waals surface area contributed by atoms with Gasteiger partial charge in [0.05, 0.1) is 16.8 Å². The summed E-state index contributed by atoms with van der Waals surface area (Å²) in [4.78, 5) is 24.7. The molecule has 2 rings (SSSR count). The van der Waals surface area contributed by atoms with Crippen molar-refractivity contribution in [2.75, 3.05) is 18.5 Å². The topological polar surface area (TPSA) is 67.4 Å². The van der Waals surface area contributed by atoms with Crippen molar-refractivity contribution in [3.05, 3.63) is 28.2 Å². The standard InChI is InChI=1S/C16H20Cl2N2O3/c1-16(2,14(21)19-9-11-4-3-7-23-11)15(22)20-13-6-5-10(17)8-12(13)18/h5-6,8,11H,3-4,7,9H2,1-2H3,(H,19,21)(H,20,22). The van der Waals surface area contributed by atoms with Crippen LogP contribution < -0.4 is 10.6 Å². The lowest BCUT2D eigenvalue weighted by atomic mass is 9.91. The minimum atomic E-state index is -1.23. The van der Waals surface area contributed by atoms with Gasteiger partial charge in [-0.3, -0.25) is 9.59 Å². The third-order valence-corrected chi connectivity index (χ3v) is 4.38. The molecule has 126 valence electrons. The molecule has 0 radical (unpaired) electrons. The Balaban J connectivity index is 1.96. The molecule has 1 saturated heterocycles. The SMILES string of the molecule is CC(C)(C(=O)NCC1CCCO1)C(=O)Nc1ccc(Cl)cc1Cl. The lowest BCUT2D eigenvalue weighted by Gasteiger charge is -2.24. The van der Waals surface area contributed by atoms with Gasteiger partial charge in [0.25, 0.3) is 0 Å². The van der Waals surface area contributed by atoms with Crippen LogP contribution in [0.3, 0.4) is 0 Å². The molecule has 1 aromatic carbocycles. The Labute approximate surface area is 145 Å². The summed E-state index contributed by atoms with van der Waals surface area (Å²) >= 11 is 11.9. The summed E-state index contributed by atoms with van der Waals surface area (Å²) < 4.78 is 5.45. The first-order valence-corrected chi connectivity index (χ1v) is 8.22. The smallest absolute Gasteiger partial charge is 0.239 e. The Kier molecular flexibility index (Phi) is 5.89. The van der Waals surface area contributed by atoms with Gasteiger partial charge in [-0.1, -0.05) is 23.2 Å². The summed E-state index contributed by atoms with van der Waals surface area (Å²) in [5, 5.41) is 6.24. The Morgan fingerprint density at radius 2 is 2.04 bits per heavy atom. The van der Waals surface area contributed by atoms with Crippen molar-refractivity contribution in [1.29, 1.82) is 0 Å². The van der Waals surface area contributed by atoms with E-state index in [1.807, 2.05) is 0 Å². The zero-order valence-corrected chi connectivity index (χ0v) is 14.6. The Hall–Kier alpha value is -1.30. The third kappa shape index (κ3) is 4.59. The molecule has 1 aromatic rings. The molecular formula is C16H20Cl2N2O3. The molecule has 1 atom stereocenters. The molecule has 0 aromatic heterocycles. The zero-order valence-electron chi connectivity index (χ0n) is 13.1. The summed E-state index contributed by atoms with van der Waals surface area (Å²) in [7, 11) is 0. The number of hydrogen-bond acceptors (Lipinski definition) is 3. The average Bonchev–Trinajstić information content (AvgIpc) is 3.00. The minimum absolute atomic E-state index is 0.0310. The van der Waals surface area contributed by atoms with E-state index in [0.717, 1.165) is 19.4 Å². The molecule has 2 N–H and O–H groups in total. The second-order valence-corrected chi connectivity index (χ2v) is 6.89. The van der Waals surface area contributed by atoms with E-state index in [1.54, 1.807) is 26.0 Å². The van der Waals surface area contributed by atoms with E-state index in [1.165, 1.54) is 6.07 Å². The van der Waals surface area contributed by atoms with E-state index in [-0.39, 0.29) is 12.0 Å². The lowest BCUT2D eigenvalue weighted by molar-refractivity contribution is -0.138. The van der Waals surface area contributed by atoms with Gasteiger partial charge in [-0.25, -0.2) is 0 Å². The molecule has 0 bridgehead atoms. The predicted octanol–water partition coefficient (Wildman–Crippen LogP) is 3.25. The van der Waals surface area contributed by atoms with Crippen LogP contribution in [0.2, 0.25) is 10.0 Å². The van der Waals surface area contributed by atoms with Crippen molar-refractivity contribution in [3.63, 3.8) is 0 Å². The Bertz CT molecular complexity index is 599. The molecule has 0 spiro atoms. The minimum Gasteiger partial charge on any atom is -0.376 e. The van der Waals surface area contributed by atoms with E-state index in [9.17, 15) is 9.59 Å². The van der Waals surface area contributed by atoms with Gasteiger partial charge in [-0.2, -0.15) is 0 Å². The van der Waals surface area contributed by atoms with Crippen molar-refractivity contribution in [1.82, 2.24) is 5.32 Å². The zero-order chi connectivity index (χ0) is 17.0. The number of anilines is 1. The van der Waals surface area contributed by atoms with Gasteiger partial charge in [0, 0.05) is 18.2 Å². The van der Waals surface area contributed by atoms with Crippen molar-refractivity contribution in [2.45, 2.75) is 32.8 Å². The number of rotatable bonds is 5. The normalized spacial score (nSPS) is 17.8. The van der Waals surface area contributed by atoms with Gasteiger partial charge >= 0.3 is 0 Å². The first kappa shape index (κ1) is 18.0. The quantitative estimate of drug-likeness (QED) is 0.793. The largest absolute Gasteiger partial charge is 0.376 e. The monoisotopic (exact) mass is 358 g/mol. The van der Waals surface area contributed by atoms with Crippen molar-refractivity contribution >= 4 is 40.7 Å². The maximum absolute atomic E-state index is 12.4. The fourth-order valence-electron chi connectivity index (χ4n) is 2.21. The average molecular weight is 359 g/mol. The number of amides is 2. The van der Waals surface area contributed by atoms with Crippen molar-refractivity contribution in [3.8, 4) is 0 Å². The highest BCUT2D eigenvalue weighted by molar-refractivity contribution is 6.36. The number of benzene rings is 1. The summed E-state index contributed by atoms with van der Waals surface area (Å²) in [5.74, 6) is -0.790. The number of nitrogens with one attached hydrogen (secondary N) is 2. The molecule has 1 unspecified atom stereocenters. The maximum Gasteiger partial charge on any atom is 0.239 e. The highest BCUT2D eigenvalue weighted by Gasteiger charge is 2.36. The molecule has 1 fully saturated rings. The van der Waals surface area contributed by atoms with E-state index in [2.05, 4.69) is 10.6 Å². The first-order valence-electron chi connectivity index (χ1n) is 7.47. The van der Waals surface area contributed by atoms with Gasteiger partial charge in [-0.05, 0) is 44.9 Å². The van der Waals surface area contributed by atoms with Gasteiger partial charge < -0.3 is 15.4 Å². The van der Waals surface area contributed by atoms with E-state index in [0.29, 0.717) is 22.3 Å². The van der Waals surface area contributed by atoms with Gasteiger partial charge in [0.1, 0.15) is 5.41 Å². The molecule has 23 heavy (non-hydrogen) atoms. The van der Waals surface area contributed by atoms with Crippen molar-refractivity contribution < 1.29 is 14.3 Å². The maximum atomic E-state index is 12.4. The Morgan fingerprint density at radius 1 is 1.30 bits per heavy atom. The third-order valence-electron chi connectivity index (χ3n) is 3.83. The molecule has 7 heteroatoms. The van der Waals surface area contributed by atoms with E-state index in [4.69, 9.17) is 27.9 Å². The van der Waals surface area contributed by atoms with Crippen LogP contribution in [0.4, 0.5) is 5.69 Å². The molecule has 1 aliphatic heterocycles. The molecule has 1 heterocycles. The predicted molar refractivity (Wildman–Crippen MR) is 90.9 cm³/mol. The van der Waals surface area contributed by atoms with Crippen LogP contribution in [-0.4, -0.2) is 31.1 Å². The molecule has 1 aliphatic rings. The fourth-order valence-corrected chi connectivity index (χ4v) is 2.66. The number of halogens is 2. The molecule has 0 aliphatic carbocycles. The van der Waals surface area contributed by atoms with E-state index < -0.39 is 11.3 Å². The van der Waals surface area contributed by atoms with Crippen LogP contribution in [0.5, 0.6) is 0 Å². The first-order chi connectivity index (χ1) is 10.8. The molecule has 2 amide bonds. The van der Waals surface area contributed by atoms with Crippen LogP contribution in [0.1, 0.15) is 26.7 Å². The van der Waals surface area contributed by atoms with Crippen LogP contribution >= 0.6 is 23.2 Å². The summed E-state index contributed by atoms with van der Waals surface area (Å²) in [6, 6.07) is 4.75. The summed E-state index contributed by atoms with van der Waals surface area (Å²) in [6.07, 6.45) is 1.95. The molecular weight excluding hydrogens is 339 g/mol. The summed E-state index contributed by atoms with van der Waals surface area (Å²) in [6.45, 7) is 4.27. The Morgan fingerprint density at radius 3 is 2.65 bits per heavy atom.